The minimum Gasteiger partial charge on any atom is -0.458 e. The molecular formula is C44H67N5O10. The number of hydrogen-bond acceptors (Lipinski definition) is 13. The molecule has 0 radical (unpaired) electrons. The predicted molar refractivity (Wildman–Crippen MR) is 219 cm³/mol. The standard InChI is InChI=1S/C44H67N5O10/c1-12-34-44(9)38(49(42(54)59-44)20-15-14-19-48-24-32(46-25-48)31-17-16-18-45-23-31)28(5)35(50)26(3)22-43(8,55-11)39(29(6)36(51)30(7)40(53)57-34)58-41-37(52)33(47(10)13-2)21-27(4)56-41/h16-18,23-30,33-34,37-39,41,52H,12-15,19-22H2,1-11H3/t26-,27-,28+,29+,30-,33+,34-,37-,38+,39-,41+,43-,44-/m1/s1. The number of methoxy groups -OCH3 is 1. The van der Waals surface area contributed by atoms with Crippen LogP contribution in [-0.4, -0.2) is 134 Å². The number of rotatable bonds is 12. The predicted octanol–water partition coefficient (Wildman–Crippen LogP) is 5.32. The molecule has 1 amide bonds. The Bertz CT molecular complexity index is 1760. The van der Waals surface area contributed by atoms with E-state index in [9.17, 15) is 24.3 Å². The first-order valence-electron chi connectivity index (χ1n) is 21.3. The van der Waals surface area contributed by atoms with Gasteiger partial charge < -0.3 is 43.2 Å². The number of aryl methyl sites for hydroxylation is 1. The Morgan fingerprint density at radius 2 is 1.73 bits per heavy atom. The summed E-state index contributed by atoms with van der Waals surface area (Å²) in [6.45, 7) is 17.7. The number of unbranched alkanes of at least 4 members (excludes halogenated alkanes) is 1. The van der Waals surface area contributed by atoms with E-state index >= 15 is 0 Å². The van der Waals surface area contributed by atoms with E-state index in [4.69, 9.17) is 23.7 Å². The molecule has 5 rings (SSSR count). The Morgan fingerprint density at radius 1 is 1.02 bits per heavy atom. The number of fused-ring (bicyclic) bond motifs is 1. The second kappa shape index (κ2) is 19.3. The van der Waals surface area contributed by atoms with Crippen molar-refractivity contribution in [2.24, 2.45) is 23.7 Å². The first-order valence-corrected chi connectivity index (χ1v) is 21.3. The van der Waals surface area contributed by atoms with Crippen molar-refractivity contribution in [2.45, 2.75) is 155 Å². The minimum atomic E-state index is -1.40. The molecule has 3 saturated heterocycles. The highest BCUT2D eigenvalue weighted by Crippen LogP contribution is 2.43. The SMILES string of the molecule is CC[C@H]1OC(=O)[C@H](C)C(=O)[C@H](C)[C@@H](O[C@@H]2O[C@H](C)C[C@H](N(C)CC)[C@H]2O)[C@](C)(OC)C[C@@H](C)C(=O)[C@H](C)[C@@H]2N(CCCCn3cnc(-c4cccnc4)c3)C(=O)O[C@@]21C. The first-order chi connectivity index (χ1) is 27.9. The number of cyclic esters (lactones) is 1. The summed E-state index contributed by atoms with van der Waals surface area (Å²) in [5.74, 6) is -4.95. The fraction of sp³-hybridized carbons (Fsp3) is 0.727. The molecule has 13 atom stereocenters. The Hall–Kier alpha value is -3.76. The van der Waals surface area contributed by atoms with Crippen LogP contribution in [0.2, 0.25) is 0 Å². The molecule has 3 fully saturated rings. The van der Waals surface area contributed by atoms with E-state index in [0.717, 1.165) is 11.3 Å². The van der Waals surface area contributed by atoms with Crippen molar-refractivity contribution in [1.82, 2.24) is 24.3 Å². The van der Waals surface area contributed by atoms with Crippen LogP contribution in [0.25, 0.3) is 11.3 Å². The van der Waals surface area contributed by atoms with Crippen LogP contribution in [-0.2, 0) is 44.6 Å². The number of likely N-dealkylation sites (N-methyl/N-ethyl adjacent to an activating group) is 1. The fourth-order valence-corrected chi connectivity index (χ4v) is 9.59. The summed E-state index contributed by atoms with van der Waals surface area (Å²) >= 11 is 0. The second-order valence-electron chi connectivity index (χ2n) is 17.4. The number of amides is 1. The molecule has 3 aliphatic heterocycles. The Balaban J connectivity index is 1.43. The summed E-state index contributed by atoms with van der Waals surface area (Å²) in [5, 5.41) is 11.6. The van der Waals surface area contributed by atoms with Crippen LogP contribution in [0.4, 0.5) is 4.79 Å². The minimum absolute atomic E-state index is 0.131. The van der Waals surface area contributed by atoms with E-state index in [1.165, 1.54) is 14.0 Å². The lowest BCUT2D eigenvalue weighted by atomic mass is 9.73. The van der Waals surface area contributed by atoms with Gasteiger partial charge in [0.25, 0.3) is 0 Å². The van der Waals surface area contributed by atoms with Gasteiger partial charge in [-0.3, -0.25) is 19.4 Å². The molecule has 2 aromatic heterocycles. The lowest BCUT2D eigenvalue weighted by molar-refractivity contribution is -0.296. The van der Waals surface area contributed by atoms with Gasteiger partial charge in [-0.15, -0.1) is 0 Å². The van der Waals surface area contributed by atoms with E-state index < -0.39 is 83.4 Å². The van der Waals surface area contributed by atoms with Gasteiger partial charge in [-0.05, 0) is 85.5 Å². The zero-order chi connectivity index (χ0) is 43.4. The van der Waals surface area contributed by atoms with Gasteiger partial charge in [-0.2, -0.15) is 0 Å². The lowest BCUT2D eigenvalue weighted by Crippen LogP contribution is -2.60. The number of aromatic nitrogens is 3. The molecule has 0 aliphatic carbocycles. The maximum Gasteiger partial charge on any atom is 0.410 e. The molecule has 0 aromatic carbocycles. The summed E-state index contributed by atoms with van der Waals surface area (Å²) in [5.41, 5.74) is -0.939. The number of ketones is 2. The summed E-state index contributed by atoms with van der Waals surface area (Å²) in [7, 11) is 3.43. The highest BCUT2D eigenvalue weighted by molar-refractivity contribution is 6.00. The molecule has 0 bridgehead atoms. The van der Waals surface area contributed by atoms with Gasteiger partial charge in [0, 0.05) is 68.1 Å². The largest absolute Gasteiger partial charge is 0.458 e. The van der Waals surface area contributed by atoms with Crippen LogP contribution in [0.15, 0.2) is 37.1 Å². The number of carbonyl (C=O) groups excluding carboxylic acids is 4. The number of pyridine rings is 1. The molecule has 328 valence electrons. The average Bonchev–Trinajstić information content (AvgIpc) is 3.80. The number of esters is 1. The molecule has 0 spiro atoms. The third-order valence-electron chi connectivity index (χ3n) is 13.2. The van der Waals surface area contributed by atoms with Crippen molar-refractivity contribution in [3.05, 3.63) is 37.1 Å². The summed E-state index contributed by atoms with van der Waals surface area (Å²) in [4.78, 5) is 69.3. The fourth-order valence-electron chi connectivity index (χ4n) is 9.59. The van der Waals surface area contributed by atoms with E-state index in [2.05, 4.69) is 9.97 Å². The van der Waals surface area contributed by atoms with Gasteiger partial charge >= 0.3 is 12.1 Å². The first kappa shape index (κ1) is 46.3. The zero-order valence-corrected chi connectivity index (χ0v) is 36.8. The van der Waals surface area contributed by atoms with Gasteiger partial charge in [-0.25, -0.2) is 9.78 Å². The summed E-state index contributed by atoms with van der Waals surface area (Å²) in [6, 6.07) is 2.76. The van der Waals surface area contributed by atoms with Crippen molar-refractivity contribution in [3.63, 3.8) is 0 Å². The van der Waals surface area contributed by atoms with E-state index in [-0.39, 0.29) is 30.8 Å². The van der Waals surface area contributed by atoms with Gasteiger partial charge in [0.05, 0.1) is 35.9 Å². The van der Waals surface area contributed by atoms with Crippen molar-refractivity contribution < 1.29 is 48.0 Å². The third-order valence-corrected chi connectivity index (χ3v) is 13.2. The third kappa shape index (κ3) is 9.75. The van der Waals surface area contributed by atoms with E-state index in [1.54, 1.807) is 51.3 Å². The second-order valence-corrected chi connectivity index (χ2v) is 17.4. The number of imidazole rings is 1. The van der Waals surface area contributed by atoms with Crippen LogP contribution in [0.3, 0.4) is 0 Å². The molecule has 15 heteroatoms. The number of aliphatic hydroxyl groups excluding tert-OH is 1. The van der Waals surface area contributed by atoms with Crippen LogP contribution in [0.1, 0.15) is 94.4 Å². The van der Waals surface area contributed by atoms with Crippen LogP contribution in [0, 0.1) is 23.7 Å². The van der Waals surface area contributed by atoms with Crippen molar-refractivity contribution in [3.8, 4) is 11.3 Å². The molecule has 5 heterocycles. The summed E-state index contributed by atoms with van der Waals surface area (Å²) < 4.78 is 33.3. The zero-order valence-electron chi connectivity index (χ0n) is 36.8. The van der Waals surface area contributed by atoms with Crippen molar-refractivity contribution >= 4 is 23.6 Å². The molecule has 1 N–H and O–H groups in total. The molecule has 0 saturated carbocycles. The molecule has 59 heavy (non-hydrogen) atoms. The van der Waals surface area contributed by atoms with Gasteiger partial charge in [-0.1, -0.05) is 34.6 Å². The number of hydrogen-bond donors (Lipinski definition) is 1. The maximum atomic E-state index is 14.7. The smallest absolute Gasteiger partial charge is 0.410 e. The molecule has 0 unspecified atom stereocenters. The lowest BCUT2D eigenvalue weighted by Gasteiger charge is -2.47. The molecule has 3 aliphatic rings. The number of aliphatic hydroxyl groups is 1. The van der Waals surface area contributed by atoms with Crippen LogP contribution < -0.4 is 0 Å². The quantitative estimate of drug-likeness (QED) is 0.166. The maximum absolute atomic E-state index is 14.7. The van der Waals surface area contributed by atoms with Crippen LogP contribution in [0.5, 0.6) is 0 Å². The van der Waals surface area contributed by atoms with Gasteiger partial charge in [0.1, 0.15) is 23.9 Å². The number of nitrogens with zero attached hydrogens (tertiary/aromatic N) is 5. The summed E-state index contributed by atoms with van der Waals surface area (Å²) in [6.07, 6.45) is 4.48. The molecule has 15 nitrogen and oxygen atoms in total. The highest BCUT2D eigenvalue weighted by atomic mass is 16.7. The average molecular weight is 826 g/mol. The Morgan fingerprint density at radius 3 is 2.37 bits per heavy atom. The topological polar surface area (TPSA) is 172 Å². The molecule has 2 aromatic rings. The van der Waals surface area contributed by atoms with Gasteiger partial charge in [0.2, 0.25) is 0 Å². The number of ether oxygens (including phenoxy) is 5. The van der Waals surface area contributed by atoms with Crippen molar-refractivity contribution in [2.75, 3.05) is 27.2 Å². The normalized spacial score (nSPS) is 36.3. The number of carbonyl (C=O) groups is 4. The van der Waals surface area contributed by atoms with Crippen molar-refractivity contribution in [1.29, 1.82) is 0 Å². The van der Waals surface area contributed by atoms with Crippen LogP contribution >= 0.6 is 0 Å². The number of Topliss-reactive ketones (excluding diaryl/α,β-unsaturated/α-hetero) is 2. The Labute approximate surface area is 349 Å². The Kier molecular flexibility index (Phi) is 15.2. The van der Waals surface area contributed by atoms with E-state index in [0.29, 0.717) is 38.9 Å². The highest BCUT2D eigenvalue weighted by Gasteiger charge is 2.60. The molecular weight excluding hydrogens is 759 g/mol. The van der Waals surface area contributed by atoms with Gasteiger partial charge in [0.15, 0.2) is 17.7 Å². The monoisotopic (exact) mass is 825 g/mol. The van der Waals surface area contributed by atoms with E-state index in [1.807, 2.05) is 62.5 Å².